The average Bonchev–Trinajstić information content (AvgIpc) is 3.13. The molecule has 5 heterocycles. The van der Waals surface area contributed by atoms with Crippen molar-refractivity contribution in [1.82, 2.24) is 0 Å². The van der Waals surface area contributed by atoms with Crippen LogP contribution in [0.4, 0.5) is 11.4 Å². The van der Waals surface area contributed by atoms with Gasteiger partial charge in [-0.2, -0.15) is 0 Å². The van der Waals surface area contributed by atoms with Gasteiger partial charge in [0.2, 0.25) is 0 Å². The number of aromatic nitrogens is 1. The van der Waals surface area contributed by atoms with E-state index in [1.165, 1.54) is 122 Å². The van der Waals surface area contributed by atoms with E-state index in [1.807, 2.05) is 27.7 Å². The maximum atomic E-state index is 4.10. The van der Waals surface area contributed by atoms with Crippen LogP contribution in [0.25, 0.3) is 17.7 Å². The van der Waals surface area contributed by atoms with Crippen LogP contribution in [0, 0.1) is 0 Å². The van der Waals surface area contributed by atoms with Gasteiger partial charge >= 0.3 is 0 Å². The SMILES string of the molecule is C=CC(=C\C=[NH+]CCSSCC[n+]1ccc(/C(C)=C/c2cc3c4c(c2)CCCN4CCC3)cc1)/C(C)=C/c1cc2c3c(c1)CCCN3CCC2. The van der Waals surface area contributed by atoms with Gasteiger partial charge in [0, 0.05) is 55.8 Å². The molecule has 0 atom stereocenters. The minimum Gasteiger partial charge on any atom is -0.371 e. The Balaban J connectivity index is 0.841. The molecule has 0 radical (unpaired) electrons. The van der Waals surface area contributed by atoms with E-state index < -0.39 is 0 Å². The molecule has 7 rings (SSSR count). The van der Waals surface area contributed by atoms with Gasteiger partial charge in [-0.3, -0.25) is 0 Å². The summed E-state index contributed by atoms with van der Waals surface area (Å²) < 4.78 is 2.31. The maximum absolute atomic E-state index is 4.10. The predicted octanol–water partition coefficient (Wildman–Crippen LogP) is 7.68. The first-order valence-corrected chi connectivity index (χ1v) is 21.4. The van der Waals surface area contributed by atoms with E-state index in [1.54, 1.807) is 22.5 Å². The average molecular weight is 703 g/mol. The van der Waals surface area contributed by atoms with Crippen molar-refractivity contribution in [3.8, 4) is 0 Å². The van der Waals surface area contributed by atoms with Crippen molar-refractivity contribution in [2.24, 2.45) is 0 Å². The molecule has 260 valence electrons. The van der Waals surface area contributed by atoms with Gasteiger partial charge in [0.05, 0.1) is 11.5 Å². The molecule has 4 aliphatic heterocycles. The van der Waals surface area contributed by atoms with E-state index in [0.29, 0.717) is 0 Å². The molecule has 0 saturated heterocycles. The maximum Gasteiger partial charge on any atom is 0.169 e. The molecule has 0 fully saturated rings. The first-order chi connectivity index (χ1) is 24.6. The molecule has 0 unspecified atom stereocenters. The molecule has 50 heavy (non-hydrogen) atoms. The molecule has 1 N–H and O–H groups in total. The fraction of sp³-hybridized carbons (Fsp3) is 0.409. The number of pyridine rings is 1. The summed E-state index contributed by atoms with van der Waals surface area (Å²) >= 11 is 0. The summed E-state index contributed by atoms with van der Waals surface area (Å²) in [6.07, 6.45) is 25.4. The quantitative estimate of drug-likeness (QED) is 0.0650. The van der Waals surface area contributed by atoms with Gasteiger partial charge in [0.15, 0.2) is 31.7 Å². The lowest BCUT2D eigenvalue weighted by Crippen LogP contribution is -2.69. The number of hydrogen-bond acceptors (Lipinski definition) is 4. The Morgan fingerprint density at radius 1 is 0.760 bits per heavy atom. The van der Waals surface area contributed by atoms with Gasteiger partial charge in [-0.05, 0) is 145 Å². The van der Waals surface area contributed by atoms with E-state index in [-0.39, 0.29) is 0 Å². The minimum atomic E-state index is 0.948. The molecule has 0 aliphatic carbocycles. The van der Waals surface area contributed by atoms with E-state index in [9.17, 15) is 0 Å². The van der Waals surface area contributed by atoms with Crippen molar-refractivity contribution in [3.05, 3.63) is 118 Å². The van der Waals surface area contributed by atoms with Crippen molar-refractivity contribution >= 4 is 56.9 Å². The van der Waals surface area contributed by atoms with Gasteiger partial charge in [0.1, 0.15) is 0 Å². The lowest BCUT2D eigenvalue weighted by molar-refractivity contribution is -0.692. The Kier molecular flexibility index (Phi) is 11.7. The number of nitrogens with zero attached hydrogens (tertiary/aromatic N) is 3. The third-order valence-corrected chi connectivity index (χ3v) is 13.1. The highest BCUT2D eigenvalue weighted by atomic mass is 33.1. The standard InChI is InChI=1S/C44H53N4S2/c1-4-37(33(2)27-35-29-39-9-5-18-47-19-6-10-40(30-35)43(39)47)13-16-45-17-25-49-50-26-24-46-22-14-38(15-23-46)34(3)28-36-31-41-11-7-20-48-21-8-12-42(32-36)44(41)48/h4,13-16,22-23,27-32H,1,5-12,17-21,24-26H2,2-3H3/q+1/p+1/b33-27+,37-13+,45-16?. The van der Waals surface area contributed by atoms with Crippen molar-refractivity contribution in [2.45, 2.75) is 71.8 Å². The second kappa shape index (κ2) is 16.7. The van der Waals surface area contributed by atoms with E-state index in [4.69, 9.17) is 0 Å². The summed E-state index contributed by atoms with van der Waals surface area (Å²) in [7, 11) is 3.90. The molecule has 0 saturated carbocycles. The van der Waals surface area contributed by atoms with Crippen LogP contribution in [-0.4, -0.2) is 50.4 Å². The van der Waals surface area contributed by atoms with Gasteiger partial charge in [0.25, 0.3) is 0 Å². The number of hydrogen-bond donors (Lipinski definition) is 1. The summed E-state index contributed by atoms with van der Waals surface area (Å²) in [5.74, 6) is 2.16. The third kappa shape index (κ3) is 8.35. The fourth-order valence-corrected chi connectivity index (χ4v) is 10.2. The Bertz CT molecular complexity index is 1750. The zero-order chi connectivity index (χ0) is 34.3. The second-order valence-corrected chi connectivity index (χ2v) is 17.0. The fourth-order valence-electron chi connectivity index (χ4n) is 8.32. The normalized spacial score (nSPS) is 17.6. The van der Waals surface area contributed by atoms with Crippen LogP contribution in [-0.2, 0) is 32.2 Å². The van der Waals surface area contributed by atoms with Crippen LogP contribution in [0.15, 0.2) is 78.7 Å². The summed E-state index contributed by atoms with van der Waals surface area (Å²) in [5.41, 5.74) is 17.0. The smallest absolute Gasteiger partial charge is 0.169 e. The lowest BCUT2D eigenvalue weighted by Gasteiger charge is -2.37. The Hall–Kier alpha value is -3.48. The lowest BCUT2D eigenvalue weighted by atomic mass is 9.89. The minimum absolute atomic E-state index is 0.948. The number of allylic oxidation sites excluding steroid dienone is 5. The molecule has 2 aromatic carbocycles. The first kappa shape index (κ1) is 34.9. The van der Waals surface area contributed by atoms with Crippen molar-refractivity contribution < 1.29 is 9.56 Å². The number of anilines is 2. The van der Waals surface area contributed by atoms with Crippen molar-refractivity contribution in [2.75, 3.05) is 54.0 Å². The molecule has 0 bridgehead atoms. The highest BCUT2D eigenvalue weighted by Crippen LogP contribution is 2.38. The van der Waals surface area contributed by atoms with E-state index >= 15 is 0 Å². The van der Waals surface area contributed by atoms with Crippen LogP contribution in [0.2, 0.25) is 0 Å². The third-order valence-electron chi connectivity index (χ3n) is 10.7. The van der Waals surface area contributed by atoms with Gasteiger partial charge in [-0.15, -0.1) is 0 Å². The van der Waals surface area contributed by atoms with Crippen LogP contribution < -0.4 is 19.4 Å². The zero-order valence-corrected chi connectivity index (χ0v) is 31.8. The molecule has 6 heteroatoms. The van der Waals surface area contributed by atoms with Crippen LogP contribution in [0.5, 0.6) is 0 Å². The molecule has 1 aromatic heterocycles. The molecular weight excluding hydrogens is 649 g/mol. The molecule has 4 nitrogen and oxygen atoms in total. The van der Waals surface area contributed by atoms with Crippen LogP contribution in [0.1, 0.15) is 78.5 Å². The van der Waals surface area contributed by atoms with E-state index in [0.717, 1.165) is 24.6 Å². The van der Waals surface area contributed by atoms with Crippen LogP contribution in [0.3, 0.4) is 0 Å². The molecular formula is C44H54N4S2+2. The highest BCUT2D eigenvalue weighted by molar-refractivity contribution is 8.76. The van der Waals surface area contributed by atoms with Crippen molar-refractivity contribution in [1.29, 1.82) is 0 Å². The molecule has 0 amide bonds. The largest absolute Gasteiger partial charge is 0.371 e. The highest BCUT2D eigenvalue weighted by Gasteiger charge is 2.25. The Labute approximate surface area is 308 Å². The number of benzene rings is 2. The number of aryl methyl sites for hydroxylation is 5. The monoisotopic (exact) mass is 702 g/mol. The number of nitrogens with one attached hydrogen (secondary N) is 1. The predicted molar refractivity (Wildman–Crippen MR) is 220 cm³/mol. The van der Waals surface area contributed by atoms with Gasteiger partial charge < -0.3 is 9.80 Å². The summed E-state index contributed by atoms with van der Waals surface area (Å²) in [6, 6.07) is 14.3. The number of rotatable bonds is 13. The Morgan fingerprint density at radius 3 is 1.82 bits per heavy atom. The summed E-state index contributed by atoms with van der Waals surface area (Å²) in [5, 5.41) is 0. The molecule has 4 aliphatic rings. The second-order valence-electron chi connectivity index (χ2n) is 14.3. The van der Waals surface area contributed by atoms with E-state index in [2.05, 4.69) is 113 Å². The van der Waals surface area contributed by atoms with Crippen molar-refractivity contribution in [3.63, 3.8) is 0 Å². The van der Waals surface area contributed by atoms with Gasteiger partial charge in [-0.25, -0.2) is 9.56 Å². The van der Waals surface area contributed by atoms with Gasteiger partial charge in [-0.1, -0.05) is 46.4 Å². The summed E-state index contributed by atoms with van der Waals surface area (Å²) in [6.45, 7) is 15.4. The Morgan fingerprint density at radius 2 is 1.28 bits per heavy atom. The topological polar surface area (TPSA) is 24.3 Å². The zero-order valence-electron chi connectivity index (χ0n) is 30.2. The summed E-state index contributed by atoms with van der Waals surface area (Å²) in [4.78, 5) is 8.71. The van der Waals surface area contributed by atoms with Crippen LogP contribution >= 0.6 is 21.6 Å². The molecule has 0 spiro atoms. The molecule has 3 aromatic rings. The first-order valence-electron chi connectivity index (χ1n) is 18.9.